The zero-order valence-corrected chi connectivity index (χ0v) is 14.7. The van der Waals surface area contributed by atoms with Gasteiger partial charge in [-0.1, -0.05) is 18.2 Å². The highest BCUT2D eigenvalue weighted by molar-refractivity contribution is 7.09. The molecule has 1 aromatic carbocycles. The second-order valence-electron chi connectivity index (χ2n) is 6.27. The fourth-order valence-electron chi connectivity index (χ4n) is 2.79. The van der Waals surface area contributed by atoms with E-state index >= 15 is 0 Å². The second kappa shape index (κ2) is 7.11. The molecule has 2 heterocycles. The van der Waals surface area contributed by atoms with Crippen molar-refractivity contribution in [2.75, 3.05) is 5.32 Å². The molecule has 3 aromatic rings. The van der Waals surface area contributed by atoms with Gasteiger partial charge in [-0.05, 0) is 48.1 Å². The van der Waals surface area contributed by atoms with Gasteiger partial charge in [-0.3, -0.25) is 4.68 Å². The summed E-state index contributed by atoms with van der Waals surface area (Å²) < 4.78 is 1.88. The molecule has 4 rings (SSSR count). The lowest BCUT2D eigenvalue weighted by molar-refractivity contribution is 0.206. The van der Waals surface area contributed by atoms with E-state index in [0.717, 1.165) is 30.6 Å². The van der Waals surface area contributed by atoms with E-state index in [1.54, 1.807) is 17.5 Å². The van der Waals surface area contributed by atoms with E-state index in [2.05, 4.69) is 21.9 Å². The van der Waals surface area contributed by atoms with Crippen molar-refractivity contribution in [3.05, 3.63) is 70.7 Å². The number of nitrogens with one attached hydrogen (secondary N) is 1. The number of anilines is 1. The summed E-state index contributed by atoms with van der Waals surface area (Å²) in [6.45, 7) is 1.42. The molecule has 0 spiro atoms. The number of nitrogens with zero attached hydrogens (tertiary/aromatic N) is 3. The molecule has 1 saturated carbocycles. The maximum atomic E-state index is 12.7. The van der Waals surface area contributed by atoms with Crippen LogP contribution in [0.3, 0.4) is 0 Å². The molecule has 25 heavy (non-hydrogen) atoms. The number of aromatic nitrogens is 2. The molecule has 1 N–H and O–H groups in total. The van der Waals surface area contributed by atoms with Crippen LogP contribution in [0, 0.1) is 0 Å². The number of rotatable bonds is 6. The standard InChI is InChI=1S/C19H20N4OS/c24-19(23(17-8-9-17)14-18-3-1-12-25-18)21-16-6-4-15(5-7-16)13-22-11-2-10-20-22/h1-7,10-12,17H,8-9,13-14H2,(H,21,24). The Morgan fingerprint density at radius 3 is 2.72 bits per heavy atom. The van der Waals surface area contributed by atoms with Crippen molar-refractivity contribution in [2.45, 2.75) is 32.0 Å². The zero-order valence-electron chi connectivity index (χ0n) is 13.8. The third kappa shape index (κ3) is 4.09. The van der Waals surface area contributed by atoms with Crippen molar-refractivity contribution in [1.29, 1.82) is 0 Å². The van der Waals surface area contributed by atoms with Gasteiger partial charge in [0.05, 0.1) is 13.1 Å². The van der Waals surface area contributed by atoms with Crippen LogP contribution in [0.25, 0.3) is 0 Å². The van der Waals surface area contributed by atoms with Crippen LogP contribution in [0.5, 0.6) is 0 Å². The number of hydrogen-bond donors (Lipinski definition) is 1. The van der Waals surface area contributed by atoms with Crippen molar-refractivity contribution in [2.24, 2.45) is 0 Å². The minimum atomic E-state index is -0.0178. The monoisotopic (exact) mass is 352 g/mol. The summed E-state index contributed by atoms with van der Waals surface area (Å²) in [5.41, 5.74) is 1.98. The van der Waals surface area contributed by atoms with E-state index in [9.17, 15) is 4.79 Å². The average Bonchev–Trinajstić information content (AvgIpc) is 3.09. The Morgan fingerprint density at radius 2 is 2.08 bits per heavy atom. The lowest BCUT2D eigenvalue weighted by Gasteiger charge is -2.22. The maximum absolute atomic E-state index is 12.7. The number of benzene rings is 1. The Kier molecular flexibility index (Phi) is 4.52. The summed E-state index contributed by atoms with van der Waals surface area (Å²) in [4.78, 5) is 15.8. The van der Waals surface area contributed by atoms with Gasteiger partial charge in [0.2, 0.25) is 0 Å². The van der Waals surface area contributed by atoms with Crippen molar-refractivity contribution < 1.29 is 4.79 Å². The lowest BCUT2D eigenvalue weighted by Crippen LogP contribution is -2.36. The summed E-state index contributed by atoms with van der Waals surface area (Å²) in [5.74, 6) is 0. The summed E-state index contributed by atoms with van der Waals surface area (Å²) in [7, 11) is 0. The predicted octanol–water partition coefficient (Wildman–Crippen LogP) is 4.19. The van der Waals surface area contributed by atoms with Gasteiger partial charge in [0.1, 0.15) is 0 Å². The molecule has 1 fully saturated rings. The van der Waals surface area contributed by atoms with Gasteiger partial charge in [-0.15, -0.1) is 11.3 Å². The fraction of sp³-hybridized carbons (Fsp3) is 0.263. The molecular formula is C19H20N4OS. The van der Waals surface area contributed by atoms with Gasteiger partial charge in [0.25, 0.3) is 0 Å². The van der Waals surface area contributed by atoms with E-state index in [4.69, 9.17) is 0 Å². The Hall–Kier alpha value is -2.60. The number of carbonyl (C=O) groups excluding carboxylic acids is 1. The van der Waals surface area contributed by atoms with Crippen LogP contribution in [0.1, 0.15) is 23.3 Å². The third-order valence-corrected chi connectivity index (χ3v) is 5.12. The minimum absolute atomic E-state index is 0.0178. The highest BCUT2D eigenvalue weighted by Gasteiger charge is 2.32. The lowest BCUT2D eigenvalue weighted by atomic mass is 10.2. The SMILES string of the molecule is O=C(Nc1ccc(Cn2cccn2)cc1)N(Cc1cccs1)C1CC1. The van der Waals surface area contributed by atoms with E-state index in [1.807, 2.05) is 52.2 Å². The first-order valence-electron chi connectivity index (χ1n) is 8.44. The van der Waals surface area contributed by atoms with Crippen LogP contribution >= 0.6 is 11.3 Å². The van der Waals surface area contributed by atoms with Crippen LogP contribution in [0.15, 0.2) is 60.2 Å². The van der Waals surface area contributed by atoms with Crippen molar-refractivity contribution in [3.63, 3.8) is 0 Å². The van der Waals surface area contributed by atoms with Crippen LogP contribution in [-0.4, -0.2) is 26.8 Å². The summed E-state index contributed by atoms with van der Waals surface area (Å²) in [5, 5.41) is 9.29. The molecule has 0 bridgehead atoms. The Morgan fingerprint density at radius 1 is 1.24 bits per heavy atom. The van der Waals surface area contributed by atoms with Crippen molar-refractivity contribution in [3.8, 4) is 0 Å². The predicted molar refractivity (Wildman–Crippen MR) is 99.7 cm³/mol. The quantitative estimate of drug-likeness (QED) is 0.723. The van der Waals surface area contributed by atoms with Gasteiger partial charge in [0.15, 0.2) is 0 Å². The Labute approximate surface area is 150 Å². The molecule has 2 aromatic heterocycles. The number of hydrogen-bond acceptors (Lipinski definition) is 3. The average molecular weight is 352 g/mol. The highest BCUT2D eigenvalue weighted by atomic mass is 32.1. The number of amides is 2. The highest BCUT2D eigenvalue weighted by Crippen LogP contribution is 2.29. The Balaban J connectivity index is 1.39. The van der Waals surface area contributed by atoms with Gasteiger partial charge < -0.3 is 10.2 Å². The number of urea groups is 1. The van der Waals surface area contributed by atoms with E-state index in [-0.39, 0.29) is 6.03 Å². The number of thiophene rings is 1. The first-order valence-corrected chi connectivity index (χ1v) is 9.32. The molecule has 128 valence electrons. The molecule has 0 aliphatic heterocycles. The van der Waals surface area contributed by atoms with Crippen LogP contribution in [0.4, 0.5) is 10.5 Å². The van der Waals surface area contributed by atoms with Gasteiger partial charge in [0, 0.05) is 29.0 Å². The van der Waals surface area contributed by atoms with E-state index in [1.165, 1.54) is 4.88 Å². The number of carbonyl (C=O) groups is 1. The van der Waals surface area contributed by atoms with Crippen molar-refractivity contribution in [1.82, 2.24) is 14.7 Å². The van der Waals surface area contributed by atoms with E-state index < -0.39 is 0 Å². The molecule has 0 unspecified atom stereocenters. The molecule has 0 radical (unpaired) electrons. The molecule has 5 nitrogen and oxygen atoms in total. The normalized spacial score (nSPS) is 13.6. The Bertz CT molecular complexity index is 808. The topological polar surface area (TPSA) is 50.2 Å². The van der Waals surface area contributed by atoms with Crippen LogP contribution in [0.2, 0.25) is 0 Å². The molecule has 0 atom stereocenters. The summed E-state index contributed by atoms with van der Waals surface area (Å²) in [6, 6.07) is 14.3. The van der Waals surface area contributed by atoms with E-state index in [0.29, 0.717) is 12.6 Å². The fourth-order valence-corrected chi connectivity index (χ4v) is 3.50. The molecule has 1 aliphatic rings. The molecular weight excluding hydrogens is 332 g/mol. The first-order chi connectivity index (χ1) is 12.3. The van der Waals surface area contributed by atoms with Gasteiger partial charge in [-0.25, -0.2) is 4.79 Å². The smallest absolute Gasteiger partial charge is 0.316 e. The van der Waals surface area contributed by atoms with Crippen LogP contribution < -0.4 is 5.32 Å². The van der Waals surface area contributed by atoms with Crippen LogP contribution in [-0.2, 0) is 13.1 Å². The van der Waals surface area contributed by atoms with Gasteiger partial charge >= 0.3 is 6.03 Å². The first kappa shape index (κ1) is 15.9. The second-order valence-corrected chi connectivity index (χ2v) is 7.30. The van der Waals surface area contributed by atoms with Crippen molar-refractivity contribution >= 4 is 23.1 Å². The molecule has 2 amide bonds. The summed E-state index contributed by atoms with van der Waals surface area (Å²) in [6.07, 6.45) is 5.91. The van der Waals surface area contributed by atoms with Gasteiger partial charge in [-0.2, -0.15) is 5.10 Å². The molecule has 0 saturated heterocycles. The molecule has 6 heteroatoms. The largest absolute Gasteiger partial charge is 0.322 e. The third-order valence-electron chi connectivity index (χ3n) is 4.26. The molecule has 1 aliphatic carbocycles. The zero-order chi connectivity index (χ0) is 17.1. The summed E-state index contributed by atoms with van der Waals surface area (Å²) >= 11 is 1.69. The maximum Gasteiger partial charge on any atom is 0.322 e. The minimum Gasteiger partial charge on any atom is -0.316 e.